The number of fused-ring (bicyclic) bond motifs is 1. The molecule has 0 amide bonds. The predicted molar refractivity (Wildman–Crippen MR) is 79.8 cm³/mol. The van der Waals surface area contributed by atoms with Crippen LogP contribution in [-0.2, 0) is 0 Å². The Morgan fingerprint density at radius 3 is 2.80 bits per heavy atom. The van der Waals surface area contributed by atoms with Crippen molar-refractivity contribution in [1.29, 1.82) is 0 Å². The van der Waals surface area contributed by atoms with E-state index in [0.717, 1.165) is 18.5 Å². The van der Waals surface area contributed by atoms with Gasteiger partial charge in [0, 0.05) is 13.1 Å². The van der Waals surface area contributed by atoms with Gasteiger partial charge in [0.2, 0.25) is 5.95 Å². The molecule has 1 atom stereocenters. The fourth-order valence-electron chi connectivity index (χ4n) is 1.71. The SMILES string of the molecule is CCCNc1nc(NCC(O)C(C)C)c2[nH]cnc2n1. The Morgan fingerprint density at radius 1 is 1.30 bits per heavy atom. The molecule has 0 spiro atoms. The van der Waals surface area contributed by atoms with Crippen LogP contribution < -0.4 is 10.6 Å². The Hall–Kier alpha value is -1.89. The van der Waals surface area contributed by atoms with Crippen molar-refractivity contribution in [2.45, 2.75) is 33.3 Å². The van der Waals surface area contributed by atoms with Gasteiger partial charge in [-0.3, -0.25) is 0 Å². The van der Waals surface area contributed by atoms with E-state index in [1.165, 1.54) is 0 Å². The van der Waals surface area contributed by atoms with Crippen molar-refractivity contribution in [1.82, 2.24) is 19.9 Å². The van der Waals surface area contributed by atoms with Gasteiger partial charge in [-0.05, 0) is 12.3 Å². The number of aromatic amines is 1. The molecule has 110 valence electrons. The summed E-state index contributed by atoms with van der Waals surface area (Å²) in [5, 5.41) is 16.2. The van der Waals surface area contributed by atoms with Gasteiger partial charge in [-0.1, -0.05) is 20.8 Å². The third kappa shape index (κ3) is 3.36. The fourth-order valence-corrected chi connectivity index (χ4v) is 1.71. The highest BCUT2D eigenvalue weighted by atomic mass is 16.3. The number of nitrogens with one attached hydrogen (secondary N) is 3. The molecule has 1 unspecified atom stereocenters. The van der Waals surface area contributed by atoms with Crippen molar-refractivity contribution < 1.29 is 5.11 Å². The predicted octanol–water partition coefficient (Wildman–Crippen LogP) is 1.60. The van der Waals surface area contributed by atoms with Crippen LogP contribution in [0.3, 0.4) is 0 Å². The van der Waals surface area contributed by atoms with Crippen molar-refractivity contribution in [3.05, 3.63) is 6.33 Å². The number of aromatic nitrogens is 4. The molecule has 2 rings (SSSR count). The molecule has 0 saturated heterocycles. The molecule has 2 heterocycles. The Balaban J connectivity index is 2.19. The number of rotatable bonds is 7. The van der Waals surface area contributed by atoms with Crippen LogP contribution in [-0.4, -0.2) is 44.2 Å². The second-order valence-electron chi connectivity index (χ2n) is 5.12. The lowest BCUT2D eigenvalue weighted by Crippen LogP contribution is -2.25. The Kier molecular flexibility index (Phi) is 4.73. The number of nitrogens with zero attached hydrogens (tertiary/aromatic N) is 3. The summed E-state index contributed by atoms with van der Waals surface area (Å²) in [6, 6.07) is 0. The highest BCUT2D eigenvalue weighted by Crippen LogP contribution is 2.18. The van der Waals surface area contributed by atoms with Gasteiger partial charge in [-0.15, -0.1) is 0 Å². The zero-order valence-electron chi connectivity index (χ0n) is 12.1. The Morgan fingerprint density at radius 2 is 2.10 bits per heavy atom. The summed E-state index contributed by atoms with van der Waals surface area (Å²) >= 11 is 0. The minimum absolute atomic E-state index is 0.194. The summed E-state index contributed by atoms with van der Waals surface area (Å²) in [5.41, 5.74) is 1.36. The molecule has 0 radical (unpaired) electrons. The van der Waals surface area contributed by atoms with Gasteiger partial charge in [-0.25, -0.2) is 4.98 Å². The Bertz CT molecular complexity index is 553. The number of hydrogen-bond donors (Lipinski definition) is 4. The number of aliphatic hydroxyl groups is 1. The van der Waals surface area contributed by atoms with Crippen LogP contribution >= 0.6 is 0 Å². The lowest BCUT2D eigenvalue weighted by Gasteiger charge is -2.16. The van der Waals surface area contributed by atoms with Crippen LogP contribution in [0.1, 0.15) is 27.2 Å². The summed E-state index contributed by atoms with van der Waals surface area (Å²) < 4.78 is 0. The highest BCUT2D eigenvalue weighted by molar-refractivity contribution is 5.83. The maximum Gasteiger partial charge on any atom is 0.226 e. The zero-order chi connectivity index (χ0) is 14.5. The first-order valence-corrected chi connectivity index (χ1v) is 6.98. The molecule has 7 heteroatoms. The minimum Gasteiger partial charge on any atom is -0.391 e. The van der Waals surface area contributed by atoms with Gasteiger partial charge >= 0.3 is 0 Å². The highest BCUT2D eigenvalue weighted by Gasteiger charge is 2.13. The first kappa shape index (κ1) is 14.5. The second kappa shape index (κ2) is 6.51. The number of imidazole rings is 1. The number of aliphatic hydroxyl groups excluding tert-OH is 1. The molecule has 4 N–H and O–H groups in total. The molecule has 2 aromatic heterocycles. The average molecular weight is 278 g/mol. The standard InChI is InChI=1S/C13H22N6O/c1-4-5-14-13-18-11(15-6-9(20)8(2)3)10-12(19-13)17-7-16-10/h7-9,20H,4-6H2,1-3H3,(H3,14,15,16,17,18,19). The van der Waals surface area contributed by atoms with E-state index in [0.29, 0.717) is 24.0 Å². The molecule has 0 saturated carbocycles. The molecule has 0 fully saturated rings. The van der Waals surface area contributed by atoms with Crippen molar-refractivity contribution in [2.75, 3.05) is 23.7 Å². The largest absolute Gasteiger partial charge is 0.391 e. The Labute approximate surface area is 118 Å². The summed E-state index contributed by atoms with van der Waals surface area (Å²) in [6.45, 7) is 7.29. The van der Waals surface area contributed by atoms with Crippen molar-refractivity contribution in [2.24, 2.45) is 5.92 Å². The molecule has 7 nitrogen and oxygen atoms in total. The average Bonchev–Trinajstić information content (AvgIpc) is 2.90. The first-order chi connectivity index (χ1) is 9.61. The van der Waals surface area contributed by atoms with E-state index in [4.69, 9.17) is 0 Å². The molecule has 0 aliphatic heterocycles. The van der Waals surface area contributed by atoms with Crippen molar-refractivity contribution in [3.8, 4) is 0 Å². The van der Waals surface area contributed by atoms with Crippen LogP contribution in [0.15, 0.2) is 6.33 Å². The van der Waals surface area contributed by atoms with Crippen molar-refractivity contribution in [3.63, 3.8) is 0 Å². The summed E-state index contributed by atoms with van der Waals surface area (Å²) in [5.74, 6) is 1.40. The second-order valence-corrected chi connectivity index (χ2v) is 5.12. The van der Waals surface area contributed by atoms with Crippen LogP contribution in [0.25, 0.3) is 11.2 Å². The van der Waals surface area contributed by atoms with Crippen LogP contribution in [0.4, 0.5) is 11.8 Å². The number of hydrogen-bond acceptors (Lipinski definition) is 6. The topological polar surface area (TPSA) is 98.8 Å². The molecule has 0 aromatic carbocycles. The molecular formula is C13H22N6O. The monoisotopic (exact) mass is 278 g/mol. The minimum atomic E-state index is -0.421. The molecule has 0 aliphatic carbocycles. The molecule has 0 aliphatic rings. The lowest BCUT2D eigenvalue weighted by atomic mass is 10.1. The van der Waals surface area contributed by atoms with Gasteiger partial charge in [-0.2, -0.15) is 9.97 Å². The molecular weight excluding hydrogens is 256 g/mol. The van der Waals surface area contributed by atoms with Crippen LogP contribution in [0, 0.1) is 5.92 Å². The van der Waals surface area contributed by atoms with E-state index in [9.17, 15) is 5.11 Å². The number of H-pyrrole nitrogens is 1. The maximum absolute atomic E-state index is 9.87. The summed E-state index contributed by atoms with van der Waals surface area (Å²) in [6.07, 6.45) is 2.17. The molecule has 20 heavy (non-hydrogen) atoms. The van der Waals surface area contributed by atoms with E-state index in [1.54, 1.807) is 6.33 Å². The normalized spacial score (nSPS) is 12.8. The van der Waals surface area contributed by atoms with Gasteiger partial charge in [0.15, 0.2) is 11.5 Å². The summed E-state index contributed by atoms with van der Waals surface area (Å²) in [7, 11) is 0. The quantitative estimate of drug-likeness (QED) is 0.614. The van der Waals surface area contributed by atoms with E-state index in [-0.39, 0.29) is 5.92 Å². The van der Waals surface area contributed by atoms with Gasteiger partial charge in [0.05, 0.1) is 12.4 Å². The third-order valence-electron chi connectivity index (χ3n) is 3.07. The fraction of sp³-hybridized carbons (Fsp3) is 0.615. The van der Waals surface area contributed by atoms with Gasteiger partial charge in [0.25, 0.3) is 0 Å². The summed E-state index contributed by atoms with van der Waals surface area (Å²) in [4.78, 5) is 15.9. The third-order valence-corrected chi connectivity index (χ3v) is 3.07. The van der Waals surface area contributed by atoms with E-state index in [2.05, 4.69) is 37.5 Å². The van der Waals surface area contributed by atoms with Crippen LogP contribution in [0.2, 0.25) is 0 Å². The van der Waals surface area contributed by atoms with Gasteiger partial charge < -0.3 is 20.7 Å². The number of anilines is 2. The zero-order valence-corrected chi connectivity index (χ0v) is 12.1. The molecule has 2 aromatic rings. The van der Waals surface area contributed by atoms with E-state index in [1.807, 2.05) is 13.8 Å². The van der Waals surface area contributed by atoms with E-state index < -0.39 is 6.10 Å². The maximum atomic E-state index is 9.87. The lowest BCUT2D eigenvalue weighted by molar-refractivity contribution is 0.138. The van der Waals surface area contributed by atoms with Crippen molar-refractivity contribution >= 4 is 22.9 Å². The van der Waals surface area contributed by atoms with Gasteiger partial charge in [0.1, 0.15) is 5.52 Å². The van der Waals surface area contributed by atoms with Crippen LogP contribution in [0.5, 0.6) is 0 Å². The molecule has 0 bridgehead atoms. The smallest absolute Gasteiger partial charge is 0.226 e. The first-order valence-electron chi connectivity index (χ1n) is 6.98. The van der Waals surface area contributed by atoms with E-state index >= 15 is 0 Å².